The maximum atomic E-state index is 14.1. The van der Waals surface area contributed by atoms with Crippen molar-refractivity contribution in [1.82, 2.24) is 19.4 Å². The number of ether oxygens (including phenoxy) is 2. The van der Waals surface area contributed by atoms with Crippen LogP contribution in [-0.4, -0.2) is 25.3 Å². The minimum atomic E-state index is -4.80. The van der Waals surface area contributed by atoms with Crippen molar-refractivity contribution in [2.75, 3.05) is 5.32 Å². The number of imidazole rings is 1. The number of aromatic nitrogens is 4. The third-order valence-electron chi connectivity index (χ3n) is 5.80. The number of carbonyl (C=O) groups excluding carboxylic acids is 1. The highest BCUT2D eigenvalue weighted by Crippen LogP contribution is 2.36. The van der Waals surface area contributed by atoms with Crippen molar-refractivity contribution >= 4 is 40.3 Å². The molecule has 0 unspecified atom stereocenters. The molecule has 0 fully saturated rings. The van der Waals surface area contributed by atoms with E-state index in [-0.39, 0.29) is 17.2 Å². The molecule has 1 amide bonds. The van der Waals surface area contributed by atoms with E-state index in [2.05, 4.69) is 20.3 Å². The number of rotatable bonds is 7. The maximum Gasteiger partial charge on any atom is 0.431 e. The Hall–Kier alpha value is -4.94. The Morgan fingerprint density at radius 2 is 1.62 bits per heavy atom. The molecule has 4 heterocycles. The fraction of sp³-hybridized carbons (Fsp3) is 0.0345. The number of nitrogens with zero attached hydrogens (tertiary/aromatic N) is 4. The first-order valence-corrected chi connectivity index (χ1v) is 13.5. The van der Waals surface area contributed by atoms with Gasteiger partial charge in [-0.25, -0.2) is 9.97 Å². The summed E-state index contributed by atoms with van der Waals surface area (Å²) in [7, 11) is 0. The molecule has 0 bridgehead atoms. The molecule has 1 N–H and O–H groups in total. The van der Waals surface area contributed by atoms with E-state index in [1.54, 1.807) is 66.2 Å². The van der Waals surface area contributed by atoms with Crippen LogP contribution in [0.5, 0.6) is 23.0 Å². The van der Waals surface area contributed by atoms with Crippen LogP contribution in [0.2, 0.25) is 5.15 Å². The summed E-state index contributed by atoms with van der Waals surface area (Å²) in [5, 5.41) is 3.81. The van der Waals surface area contributed by atoms with Gasteiger partial charge in [-0.1, -0.05) is 35.9 Å². The molecule has 6 rings (SSSR count). The number of benzene rings is 2. The van der Waals surface area contributed by atoms with E-state index in [9.17, 15) is 18.0 Å². The van der Waals surface area contributed by atoms with Crippen LogP contribution in [0.25, 0.3) is 16.3 Å². The highest BCUT2D eigenvalue weighted by atomic mass is 35.5. The number of hydrogen-bond donors (Lipinski definition) is 1. The summed E-state index contributed by atoms with van der Waals surface area (Å²) in [5.41, 5.74) is -1.29. The molecule has 4 aromatic heterocycles. The van der Waals surface area contributed by atoms with Gasteiger partial charge < -0.3 is 14.8 Å². The normalized spacial score (nSPS) is 11.4. The van der Waals surface area contributed by atoms with E-state index in [1.807, 2.05) is 6.07 Å². The Morgan fingerprint density at radius 3 is 2.29 bits per heavy atom. The zero-order valence-electron chi connectivity index (χ0n) is 21.2. The third-order valence-corrected chi connectivity index (χ3v) is 7.04. The summed E-state index contributed by atoms with van der Waals surface area (Å²) in [5.74, 6) is 0.354. The molecule has 0 aliphatic heterocycles. The summed E-state index contributed by atoms with van der Waals surface area (Å²) < 4.78 is 54.6. The summed E-state index contributed by atoms with van der Waals surface area (Å²) in [6.45, 7) is 0. The number of thiophene rings is 1. The van der Waals surface area contributed by atoms with Gasteiger partial charge in [0, 0.05) is 30.1 Å². The van der Waals surface area contributed by atoms with Gasteiger partial charge in [-0.05, 0) is 41.8 Å². The number of hydrogen-bond acceptors (Lipinski definition) is 7. The average Bonchev–Trinajstić information content (AvgIpc) is 3.62. The molecular formula is C29H17ClF3N5O3S. The largest absolute Gasteiger partial charge is 0.457 e. The van der Waals surface area contributed by atoms with Gasteiger partial charge >= 0.3 is 6.18 Å². The maximum absolute atomic E-state index is 14.1. The van der Waals surface area contributed by atoms with Crippen LogP contribution in [0.4, 0.5) is 18.9 Å². The van der Waals surface area contributed by atoms with Crippen LogP contribution in [0.15, 0.2) is 96.6 Å². The van der Waals surface area contributed by atoms with Gasteiger partial charge in [0.05, 0.1) is 16.8 Å². The number of alkyl halides is 3. The number of halogens is 4. The van der Waals surface area contributed by atoms with E-state index < -0.39 is 28.6 Å². The SMILES string of the molecule is O=C(Nc1cc(Oc2ccccc2)cc(Oc2cccnc2)c1)c1nc2nc(-c3cccs3)cc(C(F)(F)F)n2c1Cl. The number of pyridine rings is 1. The van der Waals surface area contributed by atoms with Crippen molar-refractivity contribution in [2.24, 2.45) is 0 Å². The number of anilines is 1. The molecule has 210 valence electrons. The van der Waals surface area contributed by atoms with Crippen LogP contribution in [0, 0.1) is 0 Å². The summed E-state index contributed by atoms with van der Waals surface area (Å²) in [4.78, 5) is 26.2. The molecule has 13 heteroatoms. The fourth-order valence-corrected chi connectivity index (χ4v) is 5.02. The van der Waals surface area contributed by atoms with E-state index in [0.717, 1.165) is 6.07 Å². The molecule has 0 aliphatic rings. The smallest absolute Gasteiger partial charge is 0.431 e. The Morgan fingerprint density at radius 1 is 0.881 bits per heavy atom. The predicted molar refractivity (Wildman–Crippen MR) is 152 cm³/mol. The molecule has 2 aromatic carbocycles. The van der Waals surface area contributed by atoms with Gasteiger partial charge in [-0.15, -0.1) is 11.3 Å². The van der Waals surface area contributed by atoms with Crippen molar-refractivity contribution in [3.8, 4) is 33.6 Å². The lowest BCUT2D eigenvalue weighted by Crippen LogP contribution is -2.14. The van der Waals surface area contributed by atoms with E-state index in [1.165, 1.54) is 29.7 Å². The van der Waals surface area contributed by atoms with Crippen molar-refractivity contribution in [1.29, 1.82) is 0 Å². The average molecular weight is 608 g/mol. The Labute approximate surface area is 245 Å². The predicted octanol–water partition coefficient (Wildman–Crippen LogP) is 8.36. The van der Waals surface area contributed by atoms with Crippen LogP contribution in [0.3, 0.4) is 0 Å². The topological polar surface area (TPSA) is 90.6 Å². The van der Waals surface area contributed by atoms with E-state index in [0.29, 0.717) is 32.3 Å². The molecular weight excluding hydrogens is 591 g/mol. The van der Waals surface area contributed by atoms with Gasteiger partial charge in [0.2, 0.25) is 5.78 Å². The van der Waals surface area contributed by atoms with Gasteiger partial charge in [0.1, 0.15) is 33.8 Å². The first kappa shape index (κ1) is 27.2. The Bertz CT molecular complexity index is 1820. The Balaban J connectivity index is 1.37. The number of carbonyl (C=O) groups is 1. The molecule has 0 aliphatic carbocycles. The number of nitrogens with one attached hydrogen (secondary N) is 1. The number of para-hydroxylation sites is 1. The third kappa shape index (κ3) is 5.76. The minimum Gasteiger partial charge on any atom is -0.457 e. The molecule has 0 radical (unpaired) electrons. The number of amides is 1. The van der Waals surface area contributed by atoms with E-state index >= 15 is 0 Å². The Kier molecular flexibility index (Phi) is 7.23. The summed E-state index contributed by atoms with van der Waals surface area (Å²) >= 11 is 7.55. The quantitative estimate of drug-likeness (QED) is 0.196. The van der Waals surface area contributed by atoms with E-state index in [4.69, 9.17) is 21.1 Å². The van der Waals surface area contributed by atoms with Gasteiger partial charge in [-0.3, -0.25) is 14.2 Å². The molecule has 42 heavy (non-hydrogen) atoms. The molecule has 0 atom stereocenters. The second-order valence-electron chi connectivity index (χ2n) is 8.74. The second-order valence-corrected chi connectivity index (χ2v) is 10.0. The lowest BCUT2D eigenvalue weighted by Gasteiger charge is -2.13. The van der Waals surface area contributed by atoms with Crippen molar-refractivity contribution in [3.05, 3.63) is 113 Å². The van der Waals surface area contributed by atoms with Crippen molar-refractivity contribution < 1.29 is 27.4 Å². The van der Waals surface area contributed by atoms with Crippen molar-refractivity contribution in [2.45, 2.75) is 6.18 Å². The molecule has 0 spiro atoms. The highest BCUT2D eigenvalue weighted by molar-refractivity contribution is 7.13. The monoisotopic (exact) mass is 607 g/mol. The highest BCUT2D eigenvalue weighted by Gasteiger charge is 2.37. The lowest BCUT2D eigenvalue weighted by molar-refractivity contribution is -0.142. The minimum absolute atomic E-state index is 0.0569. The zero-order chi connectivity index (χ0) is 29.3. The first-order valence-electron chi connectivity index (χ1n) is 12.2. The molecule has 0 saturated heterocycles. The van der Waals surface area contributed by atoms with Gasteiger partial charge in [0.25, 0.3) is 5.91 Å². The van der Waals surface area contributed by atoms with Crippen molar-refractivity contribution in [3.63, 3.8) is 0 Å². The summed E-state index contributed by atoms with van der Waals surface area (Å²) in [6, 6.07) is 21.2. The molecule has 0 saturated carbocycles. The van der Waals surface area contributed by atoms with Crippen LogP contribution >= 0.6 is 22.9 Å². The zero-order valence-corrected chi connectivity index (χ0v) is 22.7. The molecule has 6 aromatic rings. The number of fused-ring (bicyclic) bond motifs is 1. The van der Waals surface area contributed by atoms with Gasteiger partial charge in [-0.2, -0.15) is 13.2 Å². The van der Waals surface area contributed by atoms with Crippen LogP contribution in [-0.2, 0) is 6.18 Å². The second kappa shape index (κ2) is 11.1. The standard InChI is InChI=1S/C29H17ClF3N5O3S/c30-26-25(37-28-36-22(23-9-5-11-42-23)15-24(38(26)28)29(31,32)33)27(39)35-17-12-20(40-18-6-2-1-3-7-18)14-21(13-17)41-19-8-4-10-34-16-19/h1-16H,(H,35,39). The van der Waals surface area contributed by atoms with Crippen LogP contribution in [0.1, 0.15) is 16.2 Å². The fourth-order valence-electron chi connectivity index (χ4n) is 4.04. The summed E-state index contributed by atoms with van der Waals surface area (Å²) in [6.07, 6.45) is -1.70. The molecule has 8 nitrogen and oxygen atoms in total. The first-order chi connectivity index (χ1) is 20.2. The van der Waals surface area contributed by atoms with Crippen LogP contribution < -0.4 is 14.8 Å². The lowest BCUT2D eigenvalue weighted by atomic mass is 10.2. The van der Waals surface area contributed by atoms with Gasteiger partial charge in [0.15, 0.2) is 5.69 Å².